The molecule has 2 aliphatic rings. The van der Waals surface area contributed by atoms with Crippen LogP contribution in [-0.2, 0) is 35.2 Å². The maximum Gasteiger partial charge on any atom is 0.441 e. The highest BCUT2D eigenvalue weighted by Crippen LogP contribution is 2.61. The number of anilines is 2. The number of ether oxygens (including phenoxy) is 5. The van der Waals surface area contributed by atoms with E-state index in [9.17, 15) is 35.9 Å². The van der Waals surface area contributed by atoms with Gasteiger partial charge >= 0.3 is 24.3 Å². The van der Waals surface area contributed by atoms with E-state index in [1.807, 2.05) is 0 Å². The Balaban J connectivity index is 1.70. The topological polar surface area (TPSA) is 104 Å². The van der Waals surface area contributed by atoms with E-state index in [0.717, 1.165) is 36.4 Å². The summed E-state index contributed by atoms with van der Waals surface area (Å²) in [6, 6.07) is 6.18. The van der Waals surface area contributed by atoms with Gasteiger partial charge in [-0.3, -0.25) is 0 Å². The zero-order chi connectivity index (χ0) is 31.5. The van der Waals surface area contributed by atoms with Crippen molar-refractivity contribution in [1.82, 2.24) is 0 Å². The molecule has 2 atom stereocenters. The number of alkyl halides is 6. The molecule has 43 heavy (non-hydrogen) atoms. The van der Waals surface area contributed by atoms with Gasteiger partial charge in [0.05, 0.1) is 13.2 Å². The molecule has 2 aliphatic heterocycles. The van der Waals surface area contributed by atoms with Gasteiger partial charge < -0.3 is 34.3 Å². The van der Waals surface area contributed by atoms with Crippen molar-refractivity contribution >= 4 is 23.3 Å². The molecule has 4 rings (SSSR count). The molecule has 2 heterocycles. The maximum atomic E-state index is 14.8. The maximum absolute atomic E-state index is 14.8. The van der Waals surface area contributed by atoms with Crippen molar-refractivity contribution in [2.24, 2.45) is 0 Å². The predicted octanol–water partition coefficient (Wildman–Crippen LogP) is 5.68. The summed E-state index contributed by atoms with van der Waals surface area (Å²) in [4.78, 5) is 22.8. The van der Waals surface area contributed by atoms with E-state index in [1.165, 1.54) is 24.3 Å². The third-order valence-electron chi connectivity index (χ3n) is 6.24. The lowest BCUT2D eigenvalue weighted by atomic mass is 9.86. The zero-order valence-corrected chi connectivity index (χ0v) is 22.7. The second-order valence-electron chi connectivity index (χ2n) is 9.06. The smallest absolute Gasteiger partial charge is 0.441 e. The van der Waals surface area contributed by atoms with Crippen molar-refractivity contribution in [2.45, 2.75) is 37.7 Å². The molecule has 232 valence electrons. The van der Waals surface area contributed by atoms with E-state index in [2.05, 4.69) is 10.6 Å². The van der Waals surface area contributed by atoms with E-state index in [4.69, 9.17) is 23.7 Å². The number of fused-ring (bicyclic) bond motifs is 6. The number of carbonyl (C=O) groups excluding carboxylic acids is 2. The van der Waals surface area contributed by atoms with Gasteiger partial charge in [0.15, 0.2) is 0 Å². The van der Waals surface area contributed by atoms with Crippen molar-refractivity contribution in [3.8, 4) is 11.5 Å². The molecule has 0 radical (unpaired) electrons. The molecule has 0 aromatic heterocycles. The van der Waals surface area contributed by atoms with Gasteiger partial charge in [-0.25, -0.2) is 9.59 Å². The number of esters is 2. The lowest BCUT2D eigenvalue weighted by molar-refractivity contribution is -0.369. The van der Waals surface area contributed by atoms with Gasteiger partial charge in [-0.15, -0.1) is 0 Å². The normalized spacial score (nSPS) is 20.9. The molecule has 0 spiro atoms. The summed E-state index contributed by atoms with van der Waals surface area (Å²) in [5.41, 5.74) is -9.72. The Morgan fingerprint density at radius 3 is 1.49 bits per heavy atom. The van der Waals surface area contributed by atoms with Gasteiger partial charge in [-0.1, -0.05) is 0 Å². The van der Waals surface area contributed by atoms with Gasteiger partial charge in [-0.2, -0.15) is 26.3 Å². The van der Waals surface area contributed by atoms with Gasteiger partial charge in [0.25, 0.3) is 11.4 Å². The first-order chi connectivity index (χ1) is 20.3. The zero-order valence-electron chi connectivity index (χ0n) is 22.7. The van der Waals surface area contributed by atoms with Crippen LogP contribution in [0.3, 0.4) is 0 Å². The first-order valence-electron chi connectivity index (χ1n) is 12.9. The predicted molar refractivity (Wildman–Crippen MR) is 139 cm³/mol. The fourth-order valence-electron chi connectivity index (χ4n) is 4.45. The van der Waals surface area contributed by atoms with Crippen LogP contribution in [0.15, 0.2) is 60.7 Å². The van der Waals surface area contributed by atoms with Gasteiger partial charge in [0, 0.05) is 34.7 Å². The lowest BCUT2D eigenvalue weighted by Gasteiger charge is -2.54. The summed E-state index contributed by atoms with van der Waals surface area (Å²) < 4.78 is 114. The minimum Gasteiger partial charge on any atom is -0.490 e. The number of hydrogen-bond donors (Lipinski definition) is 2. The standard InChI is InChI=1S/C28H26F6N2O7/c1-3-39-23(37)7-5-13-41-17-9-11-21-19(15-17)25(27(29,30)31)36-22-12-10-18(42-14-6-8-24(38)40-4-2)16-20(22)26(35-21,43-25)28(32,33)34/h5-12,15-16,35-36H,3-4,13-14H2,1-2H3/b7-5+,8-6+. The van der Waals surface area contributed by atoms with Crippen LogP contribution < -0.4 is 20.1 Å². The first-order valence-corrected chi connectivity index (χ1v) is 12.9. The highest BCUT2D eigenvalue weighted by Gasteiger charge is 2.74. The minimum atomic E-state index is -5.40. The van der Waals surface area contributed by atoms with Crippen molar-refractivity contribution in [3.63, 3.8) is 0 Å². The second-order valence-corrected chi connectivity index (χ2v) is 9.06. The van der Waals surface area contributed by atoms with Crippen LogP contribution in [0.4, 0.5) is 37.7 Å². The van der Waals surface area contributed by atoms with Crippen LogP contribution in [-0.4, -0.2) is 50.7 Å². The first kappa shape index (κ1) is 31.5. The summed E-state index contributed by atoms with van der Waals surface area (Å²) in [5.74, 6) is -1.57. The molecular weight excluding hydrogens is 590 g/mol. The van der Waals surface area contributed by atoms with Crippen molar-refractivity contribution in [2.75, 3.05) is 37.1 Å². The van der Waals surface area contributed by atoms with Crippen LogP contribution in [0.2, 0.25) is 0 Å². The van der Waals surface area contributed by atoms with Crippen LogP contribution in [0.5, 0.6) is 11.5 Å². The Morgan fingerprint density at radius 2 is 1.14 bits per heavy atom. The Labute approximate surface area is 241 Å². The molecule has 2 aromatic rings. The molecule has 2 bridgehead atoms. The quantitative estimate of drug-likeness (QED) is 0.198. The Bertz CT molecular complexity index is 1320. The average molecular weight is 617 g/mol. The van der Waals surface area contributed by atoms with E-state index in [-0.39, 0.29) is 37.9 Å². The highest BCUT2D eigenvalue weighted by atomic mass is 19.4. The van der Waals surface area contributed by atoms with Crippen molar-refractivity contribution in [3.05, 3.63) is 71.8 Å². The Morgan fingerprint density at radius 1 is 0.744 bits per heavy atom. The largest absolute Gasteiger partial charge is 0.490 e. The summed E-state index contributed by atoms with van der Waals surface area (Å²) in [7, 11) is 0. The highest BCUT2D eigenvalue weighted by molar-refractivity contribution is 5.82. The summed E-state index contributed by atoms with van der Waals surface area (Å²) in [6.07, 6.45) is -6.13. The van der Waals surface area contributed by atoms with E-state index >= 15 is 0 Å². The fraction of sp³-hybridized carbons (Fsp3) is 0.357. The molecular formula is C28H26F6N2O7. The monoisotopic (exact) mass is 616 g/mol. The van der Waals surface area contributed by atoms with E-state index in [0.29, 0.717) is 0 Å². The number of rotatable bonds is 10. The fourth-order valence-corrected chi connectivity index (χ4v) is 4.45. The molecule has 0 aliphatic carbocycles. The Kier molecular flexibility index (Phi) is 8.85. The van der Waals surface area contributed by atoms with Crippen molar-refractivity contribution in [1.29, 1.82) is 0 Å². The summed E-state index contributed by atoms with van der Waals surface area (Å²) >= 11 is 0. The number of hydrogen-bond acceptors (Lipinski definition) is 9. The van der Waals surface area contributed by atoms with Crippen LogP contribution in [0, 0.1) is 0 Å². The molecule has 0 fully saturated rings. The van der Waals surface area contributed by atoms with Gasteiger partial charge in [0.1, 0.15) is 24.7 Å². The van der Waals surface area contributed by atoms with Crippen LogP contribution in [0.1, 0.15) is 25.0 Å². The van der Waals surface area contributed by atoms with E-state index < -0.39 is 58.2 Å². The van der Waals surface area contributed by atoms with Crippen LogP contribution in [0.25, 0.3) is 0 Å². The molecule has 0 saturated carbocycles. The molecule has 15 heteroatoms. The van der Waals surface area contributed by atoms with Crippen LogP contribution >= 0.6 is 0 Å². The molecule has 2 unspecified atom stereocenters. The number of benzene rings is 2. The van der Waals surface area contributed by atoms with Gasteiger partial charge in [0.2, 0.25) is 0 Å². The number of nitrogens with one attached hydrogen (secondary N) is 2. The van der Waals surface area contributed by atoms with Gasteiger partial charge in [-0.05, 0) is 62.4 Å². The SMILES string of the molecule is CCOC(=O)/C=C/COc1ccc2c(c1)C1(C(F)(F)F)Nc3ccc(OC/C=C/C(=O)OCC)cc3C(C(F)(F)F)(N2)O1. The Hall–Kier alpha value is -4.40. The lowest BCUT2D eigenvalue weighted by Crippen LogP contribution is -2.67. The third-order valence-corrected chi connectivity index (χ3v) is 6.24. The third kappa shape index (κ3) is 6.21. The number of carbonyl (C=O) groups is 2. The molecule has 2 aromatic carbocycles. The van der Waals surface area contributed by atoms with Crippen molar-refractivity contribution < 1.29 is 59.6 Å². The summed E-state index contributed by atoms with van der Waals surface area (Å²) in [5, 5.41) is 4.27. The second kappa shape index (κ2) is 12.1. The summed E-state index contributed by atoms with van der Waals surface area (Å²) in [6.45, 7) is 3.00. The minimum absolute atomic E-state index is 0.131. The average Bonchev–Trinajstić information content (AvgIpc) is 2.93. The van der Waals surface area contributed by atoms with E-state index in [1.54, 1.807) is 13.8 Å². The number of halogens is 6. The molecule has 2 N–H and O–H groups in total. The molecule has 0 amide bonds. The molecule has 0 saturated heterocycles. The molecule has 9 nitrogen and oxygen atoms in total.